The number of nitrogens with two attached hydrogens (primary N) is 1. The van der Waals surface area contributed by atoms with E-state index in [1.165, 1.54) is 21.3 Å². The van der Waals surface area contributed by atoms with Crippen molar-refractivity contribution in [2.75, 3.05) is 27.9 Å². The minimum Gasteiger partial charge on any atom is -0.496 e. The Kier molecular flexibility index (Phi) is 7.49. The van der Waals surface area contributed by atoms with Crippen LogP contribution in [-0.4, -0.2) is 44.4 Å². The molecule has 2 heterocycles. The van der Waals surface area contributed by atoms with E-state index in [9.17, 15) is 14.4 Å². The average molecular weight is 523 g/mol. The molecule has 2 N–H and O–H groups in total. The topological polar surface area (TPSA) is 119 Å². The molecule has 37 heavy (non-hydrogen) atoms. The highest BCUT2D eigenvalue weighted by atomic mass is 32.1. The number of hydrogen-bond donors (Lipinski definition) is 1. The molecule has 0 amide bonds. The van der Waals surface area contributed by atoms with E-state index in [1.54, 1.807) is 49.4 Å². The first-order valence-corrected chi connectivity index (χ1v) is 12.2. The zero-order valence-electron chi connectivity index (χ0n) is 20.8. The summed E-state index contributed by atoms with van der Waals surface area (Å²) in [5, 5.41) is 0. The van der Waals surface area contributed by atoms with Gasteiger partial charge in [-0.1, -0.05) is 36.4 Å². The van der Waals surface area contributed by atoms with Gasteiger partial charge in [0.05, 0.1) is 49.5 Å². The van der Waals surface area contributed by atoms with E-state index in [1.807, 2.05) is 12.1 Å². The minimum atomic E-state index is -1.00. The molecule has 2 aromatic carbocycles. The summed E-state index contributed by atoms with van der Waals surface area (Å²) in [6, 6.07) is 14.2. The number of para-hydroxylation sites is 2. The monoisotopic (exact) mass is 522 g/mol. The summed E-state index contributed by atoms with van der Waals surface area (Å²) in [5.41, 5.74) is 7.18. The van der Waals surface area contributed by atoms with Crippen LogP contribution in [0.5, 0.6) is 11.5 Å². The molecule has 1 atom stereocenters. The van der Waals surface area contributed by atoms with Gasteiger partial charge in [0.25, 0.3) is 5.56 Å². The van der Waals surface area contributed by atoms with Crippen LogP contribution < -0.4 is 30.0 Å². The molecule has 9 nitrogen and oxygen atoms in total. The van der Waals surface area contributed by atoms with Crippen LogP contribution in [0, 0.1) is 0 Å². The molecule has 192 valence electrons. The van der Waals surface area contributed by atoms with Gasteiger partial charge in [0.1, 0.15) is 22.0 Å². The molecule has 0 aliphatic carbocycles. The molecule has 0 unspecified atom stereocenters. The van der Waals surface area contributed by atoms with E-state index in [-0.39, 0.29) is 32.8 Å². The van der Waals surface area contributed by atoms with Gasteiger partial charge >= 0.3 is 11.9 Å². The van der Waals surface area contributed by atoms with Crippen LogP contribution in [-0.2, 0) is 19.1 Å². The molecule has 0 saturated heterocycles. The van der Waals surface area contributed by atoms with Gasteiger partial charge in [0, 0.05) is 11.1 Å². The molecule has 1 aliphatic heterocycles. The van der Waals surface area contributed by atoms with E-state index in [2.05, 4.69) is 0 Å². The van der Waals surface area contributed by atoms with Crippen LogP contribution in [0.25, 0.3) is 17.5 Å². The molecule has 1 aliphatic rings. The van der Waals surface area contributed by atoms with Crippen molar-refractivity contribution in [1.29, 1.82) is 0 Å². The van der Waals surface area contributed by atoms with Crippen molar-refractivity contribution < 1.29 is 28.5 Å². The average Bonchev–Trinajstić information content (AvgIpc) is 3.23. The van der Waals surface area contributed by atoms with Crippen molar-refractivity contribution in [3.8, 4) is 11.5 Å². The first-order chi connectivity index (χ1) is 17.9. The van der Waals surface area contributed by atoms with Crippen LogP contribution in [0.4, 0.5) is 0 Å². The zero-order valence-corrected chi connectivity index (χ0v) is 21.6. The number of carbonyl (C=O) groups excluding carboxylic acids is 2. The zero-order chi connectivity index (χ0) is 26.7. The number of fused-ring (bicyclic) bond motifs is 1. The Morgan fingerprint density at radius 2 is 1.62 bits per heavy atom. The highest BCUT2D eigenvalue weighted by Gasteiger charge is 2.41. The number of rotatable bonds is 7. The third kappa shape index (κ3) is 4.51. The second kappa shape index (κ2) is 10.8. The van der Waals surface area contributed by atoms with E-state index < -0.39 is 23.4 Å². The van der Waals surface area contributed by atoms with Gasteiger partial charge in [-0.15, -0.1) is 11.3 Å². The lowest BCUT2D eigenvalue weighted by molar-refractivity contribution is -0.136. The number of esters is 2. The quantitative estimate of drug-likeness (QED) is 0.465. The smallest absolute Gasteiger partial charge is 0.338 e. The second-order valence-electron chi connectivity index (χ2n) is 7.90. The summed E-state index contributed by atoms with van der Waals surface area (Å²) in [4.78, 5) is 40.1. The minimum absolute atomic E-state index is 0.0636. The Balaban J connectivity index is 2.16. The highest BCUT2D eigenvalue weighted by molar-refractivity contribution is 7.07. The number of aromatic nitrogens is 1. The van der Waals surface area contributed by atoms with Crippen LogP contribution in [0.1, 0.15) is 24.0 Å². The maximum Gasteiger partial charge on any atom is 0.338 e. The van der Waals surface area contributed by atoms with E-state index >= 15 is 0 Å². The van der Waals surface area contributed by atoms with Gasteiger partial charge in [-0.05, 0) is 25.1 Å². The lowest BCUT2D eigenvalue weighted by atomic mass is 9.82. The lowest BCUT2D eigenvalue weighted by Crippen LogP contribution is -2.41. The van der Waals surface area contributed by atoms with E-state index in [0.29, 0.717) is 22.6 Å². The molecule has 0 saturated carbocycles. The van der Waals surface area contributed by atoms with Gasteiger partial charge < -0.3 is 24.7 Å². The molecule has 0 radical (unpaired) electrons. The number of hydrogen-bond acceptors (Lipinski definition) is 9. The maximum atomic E-state index is 13.6. The number of nitrogens with zero attached hydrogens (tertiary/aromatic N) is 1. The largest absolute Gasteiger partial charge is 0.496 e. The van der Waals surface area contributed by atoms with Crippen LogP contribution >= 0.6 is 11.3 Å². The van der Waals surface area contributed by atoms with Crippen molar-refractivity contribution in [1.82, 2.24) is 4.57 Å². The van der Waals surface area contributed by atoms with Crippen LogP contribution in [0.3, 0.4) is 0 Å². The van der Waals surface area contributed by atoms with Gasteiger partial charge in [0.15, 0.2) is 0 Å². The summed E-state index contributed by atoms with van der Waals surface area (Å²) in [6.45, 7) is 1.76. The summed E-state index contributed by atoms with van der Waals surface area (Å²) in [7, 11) is 4.23. The van der Waals surface area contributed by atoms with Crippen molar-refractivity contribution in [2.24, 2.45) is 5.73 Å². The lowest BCUT2D eigenvalue weighted by Gasteiger charge is -2.27. The Morgan fingerprint density at radius 1 is 0.973 bits per heavy atom. The molecule has 1 aromatic heterocycles. The predicted octanol–water partition coefficient (Wildman–Crippen LogP) is 1.57. The van der Waals surface area contributed by atoms with Gasteiger partial charge in [-0.25, -0.2) is 9.59 Å². The normalized spacial score (nSPS) is 15.3. The first kappa shape index (κ1) is 25.8. The Hall–Kier alpha value is -4.31. The van der Waals surface area contributed by atoms with Gasteiger partial charge in [-0.2, -0.15) is 0 Å². The van der Waals surface area contributed by atoms with Crippen molar-refractivity contribution in [3.63, 3.8) is 0 Å². The molecular formula is C27H26N2O7S. The molecule has 3 aromatic rings. The second-order valence-corrected chi connectivity index (χ2v) is 8.93. The third-order valence-corrected chi connectivity index (χ3v) is 7.03. The molecule has 4 rings (SSSR count). The Morgan fingerprint density at radius 3 is 2.27 bits per heavy atom. The Labute approximate surface area is 216 Å². The number of carbonyl (C=O) groups is 2. The fraction of sp³-hybridized carbons (Fsp3) is 0.222. The molecule has 10 heteroatoms. The van der Waals surface area contributed by atoms with Crippen molar-refractivity contribution >= 4 is 40.7 Å². The SMILES string of the molecule is CCOC(=O)C1=c2s/c(=C/c3ccccc3OC)c(=O)n2C(N)=C(C(=O)OC)[C@@H]1c1ccccc1OC. The number of methoxy groups -OCH3 is 3. The predicted molar refractivity (Wildman–Crippen MR) is 140 cm³/mol. The van der Waals surface area contributed by atoms with Gasteiger partial charge in [0.2, 0.25) is 0 Å². The summed E-state index contributed by atoms with van der Waals surface area (Å²) < 4.78 is 23.1. The van der Waals surface area contributed by atoms with E-state index in [4.69, 9.17) is 24.7 Å². The van der Waals surface area contributed by atoms with Crippen LogP contribution in [0.2, 0.25) is 0 Å². The maximum absolute atomic E-state index is 13.6. The third-order valence-electron chi connectivity index (χ3n) is 5.92. The van der Waals surface area contributed by atoms with Crippen LogP contribution in [0.15, 0.2) is 58.9 Å². The first-order valence-electron chi connectivity index (χ1n) is 11.4. The molecule has 0 spiro atoms. The van der Waals surface area contributed by atoms with Gasteiger partial charge in [-0.3, -0.25) is 9.36 Å². The van der Waals surface area contributed by atoms with Crippen molar-refractivity contribution in [2.45, 2.75) is 12.8 Å². The van der Waals surface area contributed by atoms with Crippen molar-refractivity contribution in [3.05, 3.63) is 84.8 Å². The summed E-state index contributed by atoms with van der Waals surface area (Å²) in [6.07, 6.45) is 1.66. The fourth-order valence-electron chi connectivity index (χ4n) is 4.31. The molecular weight excluding hydrogens is 496 g/mol. The highest BCUT2D eigenvalue weighted by Crippen LogP contribution is 2.41. The fourth-order valence-corrected chi connectivity index (χ4v) is 5.46. The number of thiazole rings is 1. The van der Waals surface area contributed by atoms with E-state index in [0.717, 1.165) is 15.9 Å². The molecule has 0 bridgehead atoms. The summed E-state index contributed by atoms with van der Waals surface area (Å²) in [5.74, 6) is -1.61. The number of ether oxygens (including phenoxy) is 4. The standard InChI is InChI=1S/C27H26N2O7S/c1-5-36-27(32)22-20(16-11-7-9-13-18(16)34-3)21(26(31)35-4)23(28)29-24(30)19(37-25(22)29)14-15-10-6-8-12-17(15)33-2/h6-14,20H,5,28H2,1-4H3/b19-14+/t20-/m0/s1. The summed E-state index contributed by atoms with van der Waals surface area (Å²) >= 11 is 1.07. The molecule has 0 fully saturated rings. The Bertz CT molecular complexity index is 1580. The number of benzene rings is 2.